The SMILES string of the molecule is C[C@@](CO)(C[C@@H](Cc1ccc(-c2ccccc2)cc1)NC(=O)c1cn(COC(=O)[C@@H](N)Cc2ccccc2)nn1)C(=O)O. The third kappa shape index (κ3) is 8.57. The van der Waals surface area contributed by atoms with Crippen molar-refractivity contribution in [2.24, 2.45) is 11.1 Å². The fraction of sp³-hybridized carbons (Fsp3) is 0.281. The normalized spacial score (nSPS) is 13.8. The Bertz CT molecular complexity index is 1510. The molecular formula is C32H35N5O6. The number of aliphatic hydroxyl groups excluding tert-OH is 1. The van der Waals surface area contributed by atoms with Crippen molar-refractivity contribution in [1.82, 2.24) is 20.3 Å². The second-order valence-electron chi connectivity index (χ2n) is 10.7. The summed E-state index contributed by atoms with van der Waals surface area (Å²) in [6.07, 6.45) is 1.91. The molecule has 1 heterocycles. The van der Waals surface area contributed by atoms with E-state index in [-0.39, 0.29) is 18.8 Å². The topological polar surface area (TPSA) is 170 Å². The van der Waals surface area contributed by atoms with Gasteiger partial charge < -0.3 is 26.0 Å². The highest BCUT2D eigenvalue weighted by Gasteiger charge is 2.36. The first kappa shape index (κ1) is 31.1. The average Bonchev–Trinajstić information content (AvgIpc) is 3.50. The van der Waals surface area contributed by atoms with Crippen molar-refractivity contribution in [1.29, 1.82) is 0 Å². The summed E-state index contributed by atoms with van der Waals surface area (Å²) in [4.78, 5) is 37.4. The molecule has 0 spiro atoms. The van der Waals surface area contributed by atoms with E-state index in [2.05, 4.69) is 15.6 Å². The van der Waals surface area contributed by atoms with E-state index in [0.717, 1.165) is 22.3 Å². The van der Waals surface area contributed by atoms with Crippen LogP contribution in [0.2, 0.25) is 0 Å². The van der Waals surface area contributed by atoms with E-state index in [1.54, 1.807) is 0 Å². The molecule has 0 bridgehead atoms. The van der Waals surface area contributed by atoms with Gasteiger partial charge in [-0.1, -0.05) is 90.1 Å². The lowest BCUT2D eigenvalue weighted by Gasteiger charge is -2.28. The number of aliphatic carboxylic acids is 1. The number of carbonyl (C=O) groups is 3. The smallest absolute Gasteiger partial charge is 0.325 e. The molecule has 11 heteroatoms. The van der Waals surface area contributed by atoms with Crippen LogP contribution in [-0.2, 0) is 33.9 Å². The van der Waals surface area contributed by atoms with Gasteiger partial charge in [-0.2, -0.15) is 0 Å². The molecular weight excluding hydrogens is 550 g/mol. The number of nitrogens with one attached hydrogen (secondary N) is 1. The Hall–Kier alpha value is -4.87. The molecule has 11 nitrogen and oxygen atoms in total. The van der Waals surface area contributed by atoms with E-state index in [9.17, 15) is 24.6 Å². The fourth-order valence-corrected chi connectivity index (χ4v) is 4.60. The maximum atomic E-state index is 13.1. The number of rotatable bonds is 14. The first-order valence-electron chi connectivity index (χ1n) is 13.8. The highest BCUT2D eigenvalue weighted by molar-refractivity contribution is 5.92. The van der Waals surface area contributed by atoms with Gasteiger partial charge in [-0.25, -0.2) is 4.68 Å². The first-order valence-corrected chi connectivity index (χ1v) is 13.8. The summed E-state index contributed by atoms with van der Waals surface area (Å²) in [5.41, 5.74) is 8.29. The summed E-state index contributed by atoms with van der Waals surface area (Å²) >= 11 is 0. The van der Waals surface area contributed by atoms with Crippen molar-refractivity contribution >= 4 is 17.8 Å². The van der Waals surface area contributed by atoms with Gasteiger partial charge in [0.15, 0.2) is 12.4 Å². The summed E-state index contributed by atoms with van der Waals surface area (Å²) in [5, 5.41) is 30.2. The fourth-order valence-electron chi connectivity index (χ4n) is 4.60. The van der Waals surface area contributed by atoms with Crippen LogP contribution in [0.4, 0.5) is 0 Å². The van der Waals surface area contributed by atoms with E-state index in [0.29, 0.717) is 12.8 Å². The Kier molecular flexibility index (Phi) is 10.4. The Morgan fingerprint density at radius 1 is 0.930 bits per heavy atom. The molecule has 3 aromatic carbocycles. The van der Waals surface area contributed by atoms with Crippen LogP contribution < -0.4 is 11.1 Å². The molecule has 0 unspecified atom stereocenters. The lowest BCUT2D eigenvalue weighted by molar-refractivity contribution is -0.151. The molecule has 43 heavy (non-hydrogen) atoms. The van der Waals surface area contributed by atoms with Gasteiger partial charge in [0.1, 0.15) is 6.04 Å². The number of carboxylic acid groups (broad SMARTS) is 1. The van der Waals surface area contributed by atoms with E-state index in [4.69, 9.17) is 10.5 Å². The molecule has 0 aliphatic heterocycles. The minimum Gasteiger partial charge on any atom is -0.481 e. The van der Waals surface area contributed by atoms with E-state index >= 15 is 0 Å². The molecule has 3 atom stereocenters. The predicted molar refractivity (Wildman–Crippen MR) is 159 cm³/mol. The largest absolute Gasteiger partial charge is 0.481 e. The van der Waals surface area contributed by atoms with Gasteiger partial charge in [-0.3, -0.25) is 14.4 Å². The summed E-state index contributed by atoms with van der Waals surface area (Å²) < 4.78 is 6.42. The lowest BCUT2D eigenvalue weighted by atomic mass is 9.82. The van der Waals surface area contributed by atoms with Gasteiger partial charge >= 0.3 is 11.9 Å². The second-order valence-corrected chi connectivity index (χ2v) is 10.7. The quantitative estimate of drug-likeness (QED) is 0.163. The number of aliphatic hydroxyl groups is 1. The van der Waals surface area contributed by atoms with Gasteiger partial charge in [0.25, 0.3) is 5.91 Å². The van der Waals surface area contributed by atoms with Gasteiger partial charge in [-0.05, 0) is 48.4 Å². The van der Waals surface area contributed by atoms with Gasteiger partial charge in [0.05, 0.1) is 18.2 Å². The van der Waals surface area contributed by atoms with Crippen LogP contribution in [0.15, 0.2) is 91.1 Å². The van der Waals surface area contributed by atoms with Crippen LogP contribution >= 0.6 is 0 Å². The van der Waals surface area contributed by atoms with Crippen LogP contribution in [0.1, 0.15) is 35.0 Å². The van der Waals surface area contributed by atoms with Crippen LogP contribution in [0.3, 0.4) is 0 Å². The monoisotopic (exact) mass is 585 g/mol. The second kappa shape index (κ2) is 14.3. The molecule has 0 aliphatic rings. The maximum absolute atomic E-state index is 13.1. The van der Waals surface area contributed by atoms with Crippen molar-refractivity contribution in [3.8, 4) is 11.1 Å². The first-order chi connectivity index (χ1) is 20.7. The zero-order valence-corrected chi connectivity index (χ0v) is 23.8. The van der Waals surface area contributed by atoms with Crippen molar-refractivity contribution < 1.29 is 29.3 Å². The highest BCUT2D eigenvalue weighted by Crippen LogP contribution is 2.26. The Labute approximate surface area is 249 Å². The van der Waals surface area contributed by atoms with Crippen LogP contribution in [0, 0.1) is 5.41 Å². The van der Waals surface area contributed by atoms with Crippen molar-refractivity contribution in [2.75, 3.05) is 6.61 Å². The van der Waals surface area contributed by atoms with E-state index in [1.807, 2.05) is 84.9 Å². The average molecular weight is 586 g/mol. The van der Waals surface area contributed by atoms with Gasteiger partial charge in [0, 0.05) is 6.04 Å². The molecule has 0 fully saturated rings. The molecule has 224 valence electrons. The predicted octanol–water partition coefficient (Wildman–Crippen LogP) is 2.83. The molecule has 4 aromatic rings. The molecule has 0 aliphatic carbocycles. The molecule has 0 saturated carbocycles. The highest BCUT2D eigenvalue weighted by atomic mass is 16.5. The van der Waals surface area contributed by atoms with Crippen LogP contribution in [0.5, 0.6) is 0 Å². The number of hydrogen-bond acceptors (Lipinski definition) is 8. The number of nitrogens with two attached hydrogens (primary N) is 1. The zero-order valence-electron chi connectivity index (χ0n) is 23.8. The molecule has 4 rings (SSSR count). The number of esters is 1. The number of hydrogen-bond donors (Lipinski definition) is 4. The number of carboxylic acids is 1. The molecule has 5 N–H and O–H groups in total. The number of amides is 1. The number of nitrogens with zero attached hydrogens (tertiary/aromatic N) is 3. The Morgan fingerprint density at radius 2 is 1.53 bits per heavy atom. The van der Waals surface area contributed by atoms with Crippen molar-refractivity contribution in [3.05, 3.63) is 108 Å². The van der Waals surface area contributed by atoms with E-state index in [1.165, 1.54) is 17.8 Å². The van der Waals surface area contributed by atoms with Crippen molar-refractivity contribution in [2.45, 2.75) is 45.0 Å². The van der Waals surface area contributed by atoms with Crippen LogP contribution in [-0.4, -0.2) is 61.7 Å². The summed E-state index contributed by atoms with van der Waals surface area (Å²) in [7, 11) is 0. The minimum atomic E-state index is -1.48. The number of benzene rings is 3. The third-order valence-corrected chi connectivity index (χ3v) is 7.15. The molecule has 1 aromatic heterocycles. The van der Waals surface area contributed by atoms with Gasteiger partial charge in [0.2, 0.25) is 0 Å². The molecule has 0 radical (unpaired) electrons. The molecule has 1 amide bonds. The minimum absolute atomic E-state index is 0.0317. The molecule has 0 saturated heterocycles. The summed E-state index contributed by atoms with van der Waals surface area (Å²) in [6, 6.07) is 25.4. The number of aromatic nitrogens is 3. The van der Waals surface area contributed by atoms with Crippen LogP contribution in [0.25, 0.3) is 11.1 Å². The Balaban J connectivity index is 1.40. The third-order valence-electron chi connectivity index (χ3n) is 7.15. The summed E-state index contributed by atoms with van der Waals surface area (Å²) in [5.74, 6) is -2.39. The van der Waals surface area contributed by atoms with Crippen molar-refractivity contribution in [3.63, 3.8) is 0 Å². The number of ether oxygens (including phenoxy) is 1. The zero-order chi connectivity index (χ0) is 30.8. The number of carbonyl (C=O) groups excluding carboxylic acids is 2. The lowest BCUT2D eigenvalue weighted by Crippen LogP contribution is -2.44. The standard InChI is InChI=1S/C32H35N5O6/c1-32(20-38,31(41)42)18-26(16-23-12-14-25(15-13-23)24-10-6-3-7-11-24)34-29(39)28-19-37(36-35-28)21-43-30(40)27(33)17-22-8-4-2-5-9-22/h2-15,19,26-27,38H,16-18,20-21,33H2,1H3,(H,34,39)(H,41,42)/t26-,27+,32+/m1/s1. The van der Waals surface area contributed by atoms with Gasteiger partial charge in [-0.15, -0.1) is 5.10 Å². The summed E-state index contributed by atoms with van der Waals surface area (Å²) in [6.45, 7) is 0.538. The maximum Gasteiger partial charge on any atom is 0.325 e. The Morgan fingerprint density at radius 3 is 2.16 bits per heavy atom. The van der Waals surface area contributed by atoms with E-state index < -0.39 is 42.0 Å².